The number of carbonyl (C=O) groups excluding carboxylic acids is 1. The highest BCUT2D eigenvalue weighted by Crippen LogP contribution is 2.23. The molecule has 0 N–H and O–H groups in total. The Morgan fingerprint density at radius 1 is 1.50 bits per heavy atom. The van der Waals surface area contributed by atoms with Gasteiger partial charge in [-0.3, -0.25) is 0 Å². The van der Waals surface area contributed by atoms with Gasteiger partial charge in [0, 0.05) is 17.7 Å². The summed E-state index contributed by atoms with van der Waals surface area (Å²) >= 11 is 0. The van der Waals surface area contributed by atoms with Gasteiger partial charge in [-0.15, -0.1) is 0 Å². The normalized spacial score (nSPS) is 12.4. The van der Waals surface area contributed by atoms with Crippen LogP contribution >= 0.6 is 0 Å². The number of rotatable bonds is 5. The Morgan fingerprint density at radius 3 is 2.83 bits per heavy atom. The summed E-state index contributed by atoms with van der Waals surface area (Å²) in [5, 5.41) is 0. The lowest BCUT2D eigenvalue weighted by Crippen LogP contribution is -2.10. The molecule has 98 valence electrons. The Bertz CT molecular complexity index is 441. The van der Waals surface area contributed by atoms with E-state index in [0.717, 1.165) is 6.42 Å². The van der Waals surface area contributed by atoms with E-state index in [1.54, 1.807) is 12.1 Å². The molecule has 0 radical (unpaired) electrons. The number of ether oxygens (including phenoxy) is 2. The minimum Gasteiger partial charge on any atom is -0.490 e. The molecule has 3 nitrogen and oxygen atoms in total. The van der Waals surface area contributed by atoms with E-state index in [-0.39, 0.29) is 11.9 Å². The Balaban J connectivity index is 2.96. The third-order valence-corrected chi connectivity index (χ3v) is 2.48. The Hall–Kier alpha value is -1.84. The van der Waals surface area contributed by atoms with Gasteiger partial charge in [-0.2, -0.15) is 0 Å². The molecule has 0 bridgehead atoms. The van der Waals surface area contributed by atoms with E-state index in [4.69, 9.17) is 4.74 Å². The summed E-state index contributed by atoms with van der Waals surface area (Å²) in [5.74, 6) is -0.415. The van der Waals surface area contributed by atoms with E-state index in [0.29, 0.717) is 11.3 Å². The average molecular weight is 252 g/mol. The molecule has 0 saturated carbocycles. The topological polar surface area (TPSA) is 35.5 Å². The molecule has 1 atom stereocenters. The predicted octanol–water partition coefficient (Wildman–Crippen LogP) is 3.19. The second-order valence-corrected chi connectivity index (χ2v) is 3.88. The number of hydrogen-bond donors (Lipinski definition) is 0. The van der Waals surface area contributed by atoms with Crippen molar-refractivity contribution in [2.24, 2.45) is 0 Å². The average Bonchev–Trinajstić information content (AvgIpc) is 2.37. The Kier molecular flexibility index (Phi) is 5.36. The molecule has 1 rings (SSSR count). The van der Waals surface area contributed by atoms with Crippen molar-refractivity contribution < 1.29 is 18.7 Å². The number of hydrogen-bond acceptors (Lipinski definition) is 3. The smallest absolute Gasteiger partial charge is 0.330 e. The molecule has 1 aromatic rings. The fourth-order valence-electron chi connectivity index (χ4n) is 1.27. The van der Waals surface area contributed by atoms with E-state index in [9.17, 15) is 9.18 Å². The first-order chi connectivity index (χ1) is 8.56. The Morgan fingerprint density at radius 2 is 2.22 bits per heavy atom. The zero-order valence-electron chi connectivity index (χ0n) is 10.8. The predicted molar refractivity (Wildman–Crippen MR) is 67.8 cm³/mol. The van der Waals surface area contributed by atoms with Crippen molar-refractivity contribution >= 4 is 12.0 Å². The summed E-state index contributed by atoms with van der Waals surface area (Å²) in [7, 11) is 1.30. The quantitative estimate of drug-likeness (QED) is 0.596. The number of benzene rings is 1. The van der Waals surface area contributed by atoms with Gasteiger partial charge >= 0.3 is 5.97 Å². The molecule has 0 heterocycles. The SMILES string of the molecule is CCC(C)Oc1cc(F)ccc1C=CC(=O)OC. The summed E-state index contributed by atoms with van der Waals surface area (Å²) < 4.78 is 23.3. The van der Waals surface area contributed by atoms with Crippen LogP contribution in [0, 0.1) is 5.82 Å². The third kappa shape index (κ3) is 4.20. The van der Waals surface area contributed by atoms with E-state index >= 15 is 0 Å². The first-order valence-corrected chi connectivity index (χ1v) is 5.79. The van der Waals surface area contributed by atoms with Crippen LogP contribution in [-0.2, 0) is 9.53 Å². The molecule has 0 amide bonds. The van der Waals surface area contributed by atoms with Crippen molar-refractivity contribution in [2.75, 3.05) is 7.11 Å². The number of halogens is 1. The monoisotopic (exact) mass is 252 g/mol. The molecule has 1 aromatic carbocycles. The van der Waals surface area contributed by atoms with Crippen LogP contribution < -0.4 is 4.74 Å². The minimum absolute atomic E-state index is 0.0166. The molecular weight excluding hydrogens is 235 g/mol. The lowest BCUT2D eigenvalue weighted by Gasteiger charge is -2.14. The van der Waals surface area contributed by atoms with Crippen LogP contribution in [0.25, 0.3) is 6.08 Å². The molecule has 0 aliphatic rings. The number of esters is 1. The van der Waals surface area contributed by atoms with Gasteiger partial charge in [0.15, 0.2) is 0 Å². The summed E-state index contributed by atoms with van der Waals surface area (Å²) in [6, 6.07) is 4.19. The second kappa shape index (κ2) is 6.79. The van der Waals surface area contributed by atoms with Gasteiger partial charge in [0.1, 0.15) is 11.6 Å². The molecule has 0 aliphatic heterocycles. The summed E-state index contributed by atoms with van der Waals surface area (Å²) in [6.45, 7) is 3.88. The lowest BCUT2D eigenvalue weighted by molar-refractivity contribution is -0.134. The number of carbonyl (C=O) groups is 1. The van der Waals surface area contributed by atoms with Crippen molar-refractivity contribution in [2.45, 2.75) is 26.4 Å². The summed E-state index contributed by atoms with van der Waals surface area (Å²) in [6.07, 6.45) is 3.62. The Labute approximate surface area is 106 Å². The number of methoxy groups -OCH3 is 1. The maximum atomic E-state index is 13.2. The van der Waals surface area contributed by atoms with Gasteiger partial charge in [0.2, 0.25) is 0 Å². The van der Waals surface area contributed by atoms with Gasteiger partial charge in [0.25, 0.3) is 0 Å². The largest absolute Gasteiger partial charge is 0.490 e. The molecule has 0 aromatic heterocycles. The molecule has 0 fully saturated rings. The van der Waals surface area contributed by atoms with E-state index in [1.807, 2.05) is 13.8 Å². The van der Waals surface area contributed by atoms with Crippen LogP contribution in [0.5, 0.6) is 5.75 Å². The van der Waals surface area contributed by atoms with Crippen LogP contribution in [-0.4, -0.2) is 19.2 Å². The summed E-state index contributed by atoms with van der Waals surface area (Å²) in [5.41, 5.74) is 0.641. The fraction of sp³-hybridized carbons (Fsp3) is 0.357. The first kappa shape index (κ1) is 14.2. The maximum Gasteiger partial charge on any atom is 0.330 e. The summed E-state index contributed by atoms with van der Waals surface area (Å²) in [4.78, 5) is 11.0. The third-order valence-electron chi connectivity index (χ3n) is 2.48. The van der Waals surface area contributed by atoms with Crippen molar-refractivity contribution in [3.05, 3.63) is 35.7 Å². The molecule has 1 unspecified atom stereocenters. The van der Waals surface area contributed by atoms with Crippen LogP contribution in [0.4, 0.5) is 4.39 Å². The molecular formula is C14H17FO3. The van der Waals surface area contributed by atoms with Gasteiger partial charge in [0.05, 0.1) is 13.2 Å². The van der Waals surface area contributed by atoms with Crippen molar-refractivity contribution in [1.29, 1.82) is 0 Å². The van der Waals surface area contributed by atoms with Crippen LogP contribution in [0.2, 0.25) is 0 Å². The highest BCUT2D eigenvalue weighted by molar-refractivity contribution is 5.87. The van der Waals surface area contributed by atoms with E-state index in [2.05, 4.69) is 4.74 Å². The van der Waals surface area contributed by atoms with Crippen LogP contribution in [0.3, 0.4) is 0 Å². The zero-order valence-corrected chi connectivity index (χ0v) is 10.8. The molecule has 18 heavy (non-hydrogen) atoms. The molecule has 0 saturated heterocycles. The zero-order chi connectivity index (χ0) is 13.5. The maximum absolute atomic E-state index is 13.2. The van der Waals surface area contributed by atoms with E-state index < -0.39 is 5.97 Å². The molecule has 0 aliphatic carbocycles. The lowest BCUT2D eigenvalue weighted by atomic mass is 10.1. The fourth-order valence-corrected chi connectivity index (χ4v) is 1.27. The highest BCUT2D eigenvalue weighted by Gasteiger charge is 2.07. The van der Waals surface area contributed by atoms with E-state index in [1.165, 1.54) is 25.3 Å². The van der Waals surface area contributed by atoms with Crippen molar-refractivity contribution in [3.63, 3.8) is 0 Å². The van der Waals surface area contributed by atoms with Crippen LogP contribution in [0.1, 0.15) is 25.8 Å². The highest BCUT2D eigenvalue weighted by atomic mass is 19.1. The minimum atomic E-state index is -0.464. The van der Waals surface area contributed by atoms with Crippen molar-refractivity contribution in [3.8, 4) is 5.75 Å². The molecule has 4 heteroatoms. The van der Waals surface area contributed by atoms with Gasteiger partial charge in [-0.25, -0.2) is 9.18 Å². The van der Waals surface area contributed by atoms with Gasteiger partial charge < -0.3 is 9.47 Å². The first-order valence-electron chi connectivity index (χ1n) is 5.79. The van der Waals surface area contributed by atoms with Crippen LogP contribution in [0.15, 0.2) is 24.3 Å². The second-order valence-electron chi connectivity index (χ2n) is 3.88. The standard InChI is InChI=1S/C14H17FO3/c1-4-10(2)18-13-9-12(15)7-5-11(13)6-8-14(16)17-3/h5-10H,4H2,1-3H3. The van der Waals surface area contributed by atoms with Gasteiger partial charge in [-0.05, 0) is 31.6 Å². The van der Waals surface area contributed by atoms with Crippen molar-refractivity contribution in [1.82, 2.24) is 0 Å². The van der Waals surface area contributed by atoms with Gasteiger partial charge in [-0.1, -0.05) is 6.92 Å². The molecule has 0 spiro atoms.